The molecule has 0 saturated carbocycles. The molecule has 0 amide bonds. The van der Waals surface area contributed by atoms with Gasteiger partial charge in [-0.15, -0.1) is 0 Å². The first-order chi connectivity index (χ1) is 15.0. The molecule has 0 bridgehead atoms. The maximum absolute atomic E-state index is 5.67. The van der Waals surface area contributed by atoms with Crippen LogP contribution < -0.4 is 14.2 Å². The van der Waals surface area contributed by atoms with Gasteiger partial charge in [0.2, 0.25) is 0 Å². The molecule has 6 nitrogen and oxygen atoms in total. The summed E-state index contributed by atoms with van der Waals surface area (Å²) in [7, 11) is 9.39. The number of benzene rings is 3. The van der Waals surface area contributed by atoms with Gasteiger partial charge in [0.1, 0.15) is 5.75 Å². The van der Waals surface area contributed by atoms with Crippen molar-refractivity contribution < 1.29 is 14.2 Å². The van der Waals surface area contributed by atoms with E-state index in [1.165, 1.54) is 39.1 Å². The Labute approximate surface area is 183 Å². The average molecular weight is 422 g/mol. The Bertz CT molecular complexity index is 1140. The van der Waals surface area contributed by atoms with Gasteiger partial charge in [-0.2, -0.15) is 0 Å². The summed E-state index contributed by atoms with van der Waals surface area (Å²) in [6, 6.07) is 11.3. The summed E-state index contributed by atoms with van der Waals surface area (Å²) in [6.07, 6.45) is 2.23. The largest absolute Gasteiger partial charge is 0.497 e. The van der Waals surface area contributed by atoms with E-state index in [-0.39, 0.29) is 0 Å². The van der Waals surface area contributed by atoms with Gasteiger partial charge in [0.15, 0.2) is 11.5 Å². The Morgan fingerprint density at radius 3 is 2.23 bits per heavy atom. The summed E-state index contributed by atoms with van der Waals surface area (Å²) < 4.78 is 16.9. The van der Waals surface area contributed by atoms with Crippen LogP contribution in [0.2, 0.25) is 0 Å². The molecule has 164 valence electrons. The molecular formula is C25H31N3O3. The van der Waals surface area contributed by atoms with Crippen LogP contribution in [0.3, 0.4) is 0 Å². The molecule has 0 N–H and O–H groups in total. The fourth-order valence-electron chi connectivity index (χ4n) is 5.28. The van der Waals surface area contributed by atoms with Crippen LogP contribution in [0.5, 0.6) is 17.2 Å². The van der Waals surface area contributed by atoms with Crippen molar-refractivity contribution in [1.82, 2.24) is 14.9 Å². The van der Waals surface area contributed by atoms with Crippen LogP contribution in [0.15, 0.2) is 30.3 Å². The van der Waals surface area contributed by atoms with E-state index in [1.54, 1.807) is 21.3 Å². The van der Waals surface area contributed by atoms with Crippen LogP contribution in [-0.2, 0) is 13.0 Å². The Morgan fingerprint density at radius 1 is 0.839 bits per heavy atom. The minimum absolute atomic E-state index is 0.565. The topological polar surface area (TPSA) is 37.4 Å². The highest BCUT2D eigenvalue weighted by molar-refractivity contribution is 6.12. The van der Waals surface area contributed by atoms with E-state index in [0.717, 1.165) is 43.4 Å². The van der Waals surface area contributed by atoms with Gasteiger partial charge < -0.3 is 14.2 Å². The molecule has 0 aliphatic carbocycles. The summed E-state index contributed by atoms with van der Waals surface area (Å²) in [6.45, 7) is 3.03. The van der Waals surface area contributed by atoms with Gasteiger partial charge in [0, 0.05) is 33.2 Å². The molecule has 2 aliphatic heterocycles. The minimum Gasteiger partial charge on any atom is -0.497 e. The van der Waals surface area contributed by atoms with Crippen LogP contribution in [0, 0.1) is 0 Å². The van der Waals surface area contributed by atoms with E-state index in [1.807, 2.05) is 0 Å². The fourth-order valence-corrected chi connectivity index (χ4v) is 5.28. The monoisotopic (exact) mass is 421 g/mol. The van der Waals surface area contributed by atoms with Gasteiger partial charge in [-0.1, -0.05) is 6.07 Å². The third-order valence-corrected chi connectivity index (χ3v) is 7.00. The number of rotatable bonds is 4. The van der Waals surface area contributed by atoms with Crippen molar-refractivity contribution in [1.29, 1.82) is 0 Å². The van der Waals surface area contributed by atoms with E-state index in [9.17, 15) is 0 Å². The summed E-state index contributed by atoms with van der Waals surface area (Å²) in [5, 5.41) is 9.60. The first-order valence-corrected chi connectivity index (χ1v) is 10.9. The number of hydrogen-bond donors (Lipinski definition) is 0. The normalized spacial score (nSPS) is 19.5. The highest BCUT2D eigenvalue weighted by Gasteiger charge is 2.34. The van der Waals surface area contributed by atoms with Crippen molar-refractivity contribution in [2.24, 2.45) is 0 Å². The first-order valence-electron chi connectivity index (χ1n) is 10.9. The molecule has 5 rings (SSSR count). The van der Waals surface area contributed by atoms with Gasteiger partial charge >= 0.3 is 0 Å². The molecule has 0 radical (unpaired) electrons. The van der Waals surface area contributed by atoms with Gasteiger partial charge in [-0.05, 0) is 69.8 Å². The zero-order valence-electron chi connectivity index (χ0n) is 19.1. The second kappa shape index (κ2) is 7.86. The van der Waals surface area contributed by atoms with Crippen LogP contribution >= 0.6 is 0 Å². The number of ether oxygens (including phenoxy) is 3. The summed E-state index contributed by atoms with van der Waals surface area (Å²) in [5.41, 5.74) is 2.88. The van der Waals surface area contributed by atoms with Crippen molar-refractivity contribution in [3.05, 3.63) is 41.5 Å². The van der Waals surface area contributed by atoms with Gasteiger partial charge in [0.25, 0.3) is 0 Å². The second-order valence-corrected chi connectivity index (χ2v) is 8.73. The third-order valence-electron chi connectivity index (χ3n) is 7.00. The van der Waals surface area contributed by atoms with Crippen LogP contribution in [-0.4, -0.2) is 69.6 Å². The van der Waals surface area contributed by atoms with E-state index < -0.39 is 0 Å². The third kappa shape index (κ3) is 3.30. The van der Waals surface area contributed by atoms with Gasteiger partial charge in [-0.3, -0.25) is 4.90 Å². The maximum atomic E-state index is 5.67. The molecule has 1 atom stereocenters. The van der Waals surface area contributed by atoms with Crippen molar-refractivity contribution in [3.8, 4) is 17.2 Å². The Hall–Kier alpha value is -2.54. The summed E-state index contributed by atoms with van der Waals surface area (Å²) in [4.78, 5) is 2.63. The van der Waals surface area contributed by atoms with Crippen molar-refractivity contribution in [2.45, 2.75) is 25.4 Å². The van der Waals surface area contributed by atoms with Crippen LogP contribution in [0.4, 0.5) is 0 Å². The summed E-state index contributed by atoms with van der Waals surface area (Å²) in [5.74, 6) is 2.41. The van der Waals surface area contributed by atoms with E-state index in [2.05, 4.69) is 59.3 Å². The van der Waals surface area contributed by atoms with E-state index >= 15 is 0 Å². The van der Waals surface area contributed by atoms with E-state index in [4.69, 9.17) is 14.2 Å². The van der Waals surface area contributed by atoms with Crippen molar-refractivity contribution in [3.63, 3.8) is 0 Å². The molecule has 1 fully saturated rings. The second-order valence-electron chi connectivity index (χ2n) is 8.73. The molecule has 0 aromatic heterocycles. The summed E-state index contributed by atoms with van der Waals surface area (Å²) >= 11 is 0. The molecule has 3 aromatic carbocycles. The smallest absolute Gasteiger partial charge is 0.161 e. The van der Waals surface area contributed by atoms with Gasteiger partial charge in [0.05, 0.1) is 28.0 Å². The van der Waals surface area contributed by atoms with E-state index in [0.29, 0.717) is 6.04 Å². The number of hydrogen-bond acceptors (Lipinski definition) is 6. The molecule has 2 aliphatic rings. The Balaban J connectivity index is 1.75. The number of hydrazine groups is 1. The standard InChI is InChI=1S/C25H31N3O3/c1-26(2)28-9-8-16-10-19-21-12-24(30-4)25(31-5)13-22(21)20-11-17(29-3)6-7-18(20)23(19)14-27(16)15-28/h6-7,11-13,16H,8-10,14-15H2,1-5H3/t16-/m1/s1. The molecule has 1 saturated heterocycles. The lowest BCUT2D eigenvalue weighted by molar-refractivity contribution is -0.0803. The fraction of sp³-hybridized carbons (Fsp3) is 0.440. The molecule has 0 spiro atoms. The highest BCUT2D eigenvalue weighted by atomic mass is 16.5. The predicted octanol–water partition coefficient (Wildman–Crippen LogP) is 3.89. The highest BCUT2D eigenvalue weighted by Crippen LogP contribution is 2.43. The lowest BCUT2D eigenvalue weighted by Crippen LogP contribution is -2.56. The zero-order chi connectivity index (χ0) is 21.7. The Morgan fingerprint density at radius 2 is 1.55 bits per heavy atom. The molecule has 3 aromatic rings. The number of methoxy groups -OCH3 is 3. The lowest BCUT2D eigenvalue weighted by Gasteiger charge is -2.47. The minimum atomic E-state index is 0.565. The van der Waals surface area contributed by atoms with Gasteiger partial charge in [-0.25, -0.2) is 10.0 Å². The number of nitrogens with zero attached hydrogens (tertiary/aromatic N) is 3. The average Bonchev–Trinajstić information content (AvgIpc) is 2.81. The predicted molar refractivity (Wildman–Crippen MR) is 124 cm³/mol. The molecule has 31 heavy (non-hydrogen) atoms. The Kier molecular flexibility index (Phi) is 5.16. The van der Waals surface area contributed by atoms with Crippen LogP contribution in [0.1, 0.15) is 17.5 Å². The quantitative estimate of drug-likeness (QED) is 0.595. The van der Waals surface area contributed by atoms with Crippen molar-refractivity contribution >= 4 is 21.5 Å². The zero-order valence-corrected chi connectivity index (χ0v) is 19.1. The SMILES string of the molecule is COc1ccc2c3c(c4cc(OC)c(OC)cc4c2c1)C[C@H]1CCN(N(C)C)CN1C3. The maximum Gasteiger partial charge on any atom is 0.161 e. The van der Waals surface area contributed by atoms with Crippen molar-refractivity contribution in [2.75, 3.05) is 48.6 Å². The molecular weight excluding hydrogens is 390 g/mol. The lowest BCUT2D eigenvalue weighted by atomic mass is 9.83. The first kappa shape index (κ1) is 20.4. The number of fused-ring (bicyclic) bond motifs is 7. The molecule has 6 heteroatoms. The molecule has 2 heterocycles. The molecule has 0 unspecified atom stereocenters. The van der Waals surface area contributed by atoms with Crippen LogP contribution in [0.25, 0.3) is 21.5 Å².